The van der Waals surface area contributed by atoms with Crippen LogP contribution in [0.3, 0.4) is 0 Å². The Kier molecular flexibility index (Phi) is 2.25. The van der Waals surface area contributed by atoms with Crippen molar-refractivity contribution in [3.05, 3.63) is 12.3 Å². The van der Waals surface area contributed by atoms with Gasteiger partial charge in [-0.3, -0.25) is 9.59 Å². The smallest absolute Gasteiger partial charge is 0.307 e. The van der Waals surface area contributed by atoms with Gasteiger partial charge < -0.3 is 9.84 Å². The maximum Gasteiger partial charge on any atom is 0.307 e. The van der Waals surface area contributed by atoms with Gasteiger partial charge in [-0.05, 0) is 0 Å². The first-order valence-corrected chi connectivity index (χ1v) is 3.25. The molecule has 0 aromatic carbocycles. The molecule has 1 heterocycles. The molecular formula is C7H8O4. The van der Waals surface area contributed by atoms with Gasteiger partial charge in [-0.2, -0.15) is 0 Å². The highest BCUT2D eigenvalue weighted by Crippen LogP contribution is 2.10. The molecule has 0 saturated heterocycles. The lowest BCUT2D eigenvalue weighted by Gasteiger charge is -2.15. The number of rotatable bonds is 2. The number of carbonyl (C=O) groups excluding carboxylic acids is 1. The molecule has 1 rings (SSSR count). The molecule has 4 heteroatoms. The van der Waals surface area contributed by atoms with Gasteiger partial charge in [-0.15, -0.1) is 0 Å². The summed E-state index contributed by atoms with van der Waals surface area (Å²) in [5, 5.41) is 8.34. The van der Waals surface area contributed by atoms with Gasteiger partial charge in [0.15, 0.2) is 5.78 Å². The first-order valence-electron chi connectivity index (χ1n) is 3.25. The van der Waals surface area contributed by atoms with E-state index in [-0.39, 0.29) is 18.6 Å². The molecule has 1 N–H and O–H groups in total. The predicted molar refractivity (Wildman–Crippen MR) is 35.9 cm³/mol. The van der Waals surface area contributed by atoms with Crippen molar-refractivity contribution in [2.24, 2.45) is 0 Å². The molecular weight excluding hydrogens is 148 g/mol. The number of ketones is 1. The molecule has 0 bridgehead atoms. The normalized spacial score (nSPS) is 22.9. The minimum absolute atomic E-state index is 0.0810. The molecule has 0 aromatic heterocycles. The summed E-state index contributed by atoms with van der Waals surface area (Å²) in [5.74, 6) is -1.03. The number of hydrogen-bond donors (Lipinski definition) is 1. The standard InChI is InChI=1S/C7H8O4/c8-5-1-2-11-6(3-5)4-7(9)10/h1-2,6H,3-4H2,(H,9,10)/t6-/m1/s1. The summed E-state index contributed by atoms with van der Waals surface area (Å²) < 4.78 is 4.88. The van der Waals surface area contributed by atoms with Gasteiger partial charge in [0, 0.05) is 12.5 Å². The van der Waals surface area contributed by atoms with Crippen LogP contribution in [0.15, 0.2) is 12.3 Å². The van der Waals surface area contributed by atoms with Crippen LogP contribution in [0.4, 0.5) is 0 Å². The van der Waals surface area contributed by atoms with E-state index in [1.165, 1.54) is 12.3 Å². The van der Waals surface area contributed by atoms with Crippen LogP contribution in [-0.4, -0.2) is 23.0 Å². The topological polar surface area (TPSA) is 63.6 Å². The SMILES string of the molecule is O=C(O)C[C@H]1CC(=O)C=CO1. The Hall–Kier alpha value is -1.32. The van der Waals surface area contributed by atoms with Gasteiger partial charge in [0.25, 0.3) is 0 Å². The average Bonchev–Trinajstić information content (AvgIpc) is 1.85. The summed E-state index contributed by atoms with van der Waals surface area (Å²) in [6.45, 7) is 0. The summed E-state index contributed by atoms with van der Waals surface area (Å²) in [6.07, 6.45) is 2.13. The summed E-state index contributed by atoms with van der Waals surface area (Å²) >= 11 is 0. The van der Waals surface area contributed by atoms with E-state index < -0.39 is 12.1 Å². The van der Waals surface area contributed by atoms with E-state index >= 15 is 0 Å². The lowest BCUT2D eigenvalue weighted by atomic mass is 10.1. The first-order chi connectivity index (χ1) is 5.18. The van der Waals surface area contributed by atoms with E-state index in [1.54, 1.807) is 0 Å². The molecule has 1 aliphatic rings. The Balaban J connectivity index is 2.43. The highest BCUT2D eigenvalue weighted by Gasteiger charge is 2.19. The molecule has 0 radical (unpaired) electrons. The lowest BCUT2D eigenvalue weighted by Crippen LogP contribution is -2.21. The van der Waals surface area contributed by atoms with Crippen LogP contribution >= 0.6 is 0 Å². The average molecular weight is 156 g/mol. The first kappa shape index (κ1) is 7.78. The monoisotopic (exact) mass is 156 g/mol. The second kappa shape index (κ2) is 3.18. The Morgan fingerprint density at radius 2 is 2.55 bits per heavy atom. The zero-order valence-corrected chi connectivity index (χ0v) is 5.82. The van der Waals surface area contributed by atoms with Gasteiger partial charge in [0.2, 0.25) is 0 Å². The van der Waals surface area contributed by atoms with Gasteiger partial charge in [-0.25, -0.2) is 0 Å². The maximum absolute atomic E-state index is 10.7. The summed E-state index contributed by atoms with van der Waals surface area (Å²) in [6, 6.07) is 0. The Bertz CT molecular complexity index is 206. The number of carboxylic acids is 1. The molecule has 0 fully saturated rings. The molecule has 1 atom stereocenters. The molecule has 0 amide bonds. The summed E-state index contributed by atoms with van der Waals surface area (Å²) in [7, 11) is 0. The van der Waals surface area contributed by atoms with Crippen LogP contribution in [0, 0.1) is 0 Å². The number of carbonyl (C=O) groups is 2. The zero-order valence-electron chi connectivity index (χ0n) is 5.82. The molecule has 4 nitrogen and oxygen atoms in total. The predicted octanol–water partition coefficient (Wildman–Crippen LogP) is 0.333. The number of hydrogen-bond acceptors (Lipinski definition) is 3. The molecule has 0 aliphatic carbocycles. The van der Waals surface area contributed by atoms with Crippen LogP contribution < -0.4 is 0 Å². The molecule has 60 valence electrons. The Morgan fingerprint density at radius 3 is 3.09 bits per heavy atom. The number of allylic oxidation sites excluding steroid dienone is 1. The van der Waals surface area contributed by atoms with Crippen molar-refractivity contribution in [1.29, 1.82) is 0 Å². The second-order valence-corrected chi connectivity index (χ2v) is 2.33. The molecule has 11 heavy (non-hydrogen) atoms. The van der Waals surface area contributed by atoms with Crippen molar-refractivity contribution in [3.8, 4) is 0 Å². The van der Waals surface area contributed by atoms with Crippen molar-refractivity contribution in [2.75, 3.05) is 0 Å². The number of aliphatic carboxylic acids is 1. The van der Waals surface area contributed by atoms with E-state index in [9.17, 15) is 9.59 Å². The zero-order chi connectivity index (χ0) is 8.27. The minimum Gasteiger partial charge on any atom is -0.497 e. The van der Waals surface area contributed by atoms with Gasteiger partial charge >= 0.3 is 5.97 Å². The molecule has 0 saturated carbocycles. The highest BCUT2D eigenvalue weighted by molar-refractivity contribution is 5.90. The van der Waals surface area contributed by atoms with E-state index in [0.29, 0.717) is 0 Å². The summed E-state index contributed by atoms with van der Waals surface area (Å²) in [4.78, 5) is 20.9. The van der Waals surface area contributed by atoms with Crippen LogP contribution in [0.2, 0.25) is 0 Å². The van der Waals surface area contributed by atoms with Gasteiger partial charge in [0.1, 0.15) is 6.10 Å². The van der Waals surface area contributed by atoms with Crippen molar-refractivity contribution >= 4 is 11.8 Å². The third kappa shape index (κ3) is 2.41. The fourth-order valence-electron chi connectivity index (χ4n) is 0.882. The van der Waals surface area contributed by atoms with Crippen molar-refractivity contribution in [2.45, 2.75) is 18.9 Å². The molecule has 0 spiro atoms. The van der Waals surface area contributed by atoms with E-state index in [0.717, 1.165) is 0 Å². The number of carboxylic acid groups (broad SMARTS) is 1. The molecule has 1 aliphatic heterocycles. The fraction of sp³-hybridized carbons (Fsp3) is 0.429. The van der Waals surface area contributed by atoms with Crippen LogP contribution in [0.1, 0.15) is 12.8 Å². The maximum atomic E-state index is 10.7. The van der Waals surface area contributed by atoms with Crippen molar-refractivity contribution < 1.29 is 19.4 Å². The van der Waals surface area contributed by atoms with Crippen molar-refractivity contribution in [3.63, 3.8) is 0 Å². The van der Waals surface area contributed by atoms with E-state index in [4.69, 9.17) is 9.84 Å². The van der Waals surface area contributed by atoms with Gasteiger partial charge in [0.05, 0.1) is 12.7 Å². The Labute approximate surface area is 63.5 Å². The van der Waals surface area contributed by atoms with E-state index in [2.05, 4.69) is 0 Å². The summed E-state index contributed by atoms with van der Waals surface area (Å²) in [5.41, 5.74) is 0. The third-order valence-corrected chi connectivity index (χ3v) is 1.36. The molecule has 0 unspecified atom stereocenters. The van der Waals surface area contributed by atoms with Crippen molar-refractivity contribution in [1.82, 2.24) is 0 Å². The number of ether oxygens (including phenoxy) is 1. The molecule has 0 aromatic rings. The van der Waals surface area contributed by atoms with Crippen LogP contribution in [-0.2, 0) is 14.3 Å². The minimum atomic E-state index is -0.946. The van der Waals surface area contributed by atoms with Crippen LogP contribution in [0.5, 0.6) is 0 Å². The van der Waals surface area contributed by atoms with Gasteiger partial charge in [-0.1, -0.05) is 0 Å². The quantitative estimate of drug-likeness (QED) is 0.625. The van der Waals surface area contributed by atoms with Crippen LogP contribution in [0.25, 0.3) is 0 Å². The Morgan fingerprint density at radius 1 is 1.82 bits per heavy atom. The second-order valence-electron chi connectivity index (χ2n) is 2.33. The highest BCUT2D eigenvalue weighted by atomic mass is 16.5. The fourth-order valence-corrected chi connectivity index (χ4v) is 0.882. The largest absolute Gasteiger partial charge is 0.497 e. The lowest BCUT2D eigenvalue weighted by molar-refractivity contribution is -0.139. The van der Waals surface area contributed by atoms with E-state index in [1.807, 2.05) is 0 Å². The third-order valence-electron chi connectivity index (χ3n) is 1.36.